The summed E-state index contributed by atoms with van der Waals surface area (Å²) in [7, 11) is 0. The highest BCUT2D eigenvalue weighted by molar-refractivity contribution is 7.16. The van der Waals surface area contributed by atoms with Crippen LogP contribution >= 0.6 is 11.3 Å². The molecule has 0 aliphatic heterocycles. The van der Waals surface area contributed by atoms with E-state index in [9.17, 15) is 10.0 Å². The Kier molecular flexibility index (Phi) is 6.64. The van der Waals surface area contributed by atoms with Crippen LogP contribution in [0.1, 0.15) is 47.4 Å². The summed E-state index contributed by atoms with van der Waals surface area (Å²) in [5.74, 6) is 0.311. The number of hydrogen-bond acceptors (Lipinski definition) is 3. The Morgan fingerprint density at radius 2 is 1.71 bits per heavy atom. The number of aryl methyl sites for hydroxylation is 1. The van der Waals surface area contributed by atoms with E-state index in [1.165, 1.54) is 43.8 Å². The number of hydroxylamine groups is 1. The van der Waals surface area contributed by atoms with Gasteiger partial charge in [-0.05, 0) is 100 Å². The molecule has 5 heteroatoms. The quantitative estimate of drug-likeness (QED) is 0.206. The van der Waals surface area contributed by atoms with Crippen LogP contribution in [0.4, 0.5) is 10.5 Å². The molecule has 2 aliphatic rings. The third-order valence-electron chi connectivity index (χ3n) is 7.54. The summed E-state index contributed by atoms with van der Waals surface area (Å²) in [6.45, 7) is 4.55. The molecule has 1 heterocycles. The van der Waals surface area contributed by atoms with Gasteiger partial charge in [0.1, 0.15) is 0 Å². The molecule has 2 aliphatic carbocycles. The van der Waals surface area contributed by atoms with Crippen LogP contribution in [0, 0.1) is 5.92 Å². The van der Waals surface area contributed by atoms with Crippen LogP contribution in [0.3, 0.4) is 0 Å². The van der Waals surface area contributed by atoms with Crippen molar-refractivity contribution in [3.8, 4) is 21.6 Å². The normalized spacial score (nSPS) is 13.8. The van der Waals surface area contributed by atoms with Gasteiger partial charge < -0.3 is 5.32 Å². The molecule has 0 fully saturated rings. The van der Waals surface area contributed by atoms with E-state index >= 15 is 0 Å². The van der Waals surface area contributed by atoms with Crippen LogP contribution in [0.2, 0.25) is 0 Å². The summed E-state index contributed by atoms with van der Waals surface area (Å²) < 4.78 is 0. The van der Waals surface area contributed by atoms with Crippen LogP contribution in [0.25, 0.3) is 33.2 Å². The number of hydrogen-bond donors (Lipinski definition) is 2. The number of carbonyl (C=O) groups excluding carboxylic acids is 1. The summed E-state index contributed by atoms with van der Waals surface area (Å²) in [4.78, 5) is 14.7. The highest BCUT2D eigenvalue weighted by Crippen LogP contribution is 2.42. The predicted octanol–water partition coefficient (Wildman–Crippen LogP) is 8.23. The molecule has 3 aromatic carbocycles. The second-order valence-electron chi connectivity index (χ2n) is 10.6. The molecule has 0 saturated heterocycles. The second kappa shape index (κ2) is 10.2. The van der Waals surface area contributed by atoms with E-state index in [-0.39, 0.29) is 0 Å². The zero-order valence-corrected chi connectivity index (χ0v) is 22.6. The molecule has 4 aromatic rings. The molecule has 0 radical (unpaired) electrons. The van der Waals surface area contributed by atoms with E-state index in [1.54, 1.807) is 17.4 Å². The molecule has 2 N–H and O–H groups in total. The molecule has 0 saturated carbocycles. The summed E-state index contributed by atoms with van der Waals surface area (Å²) in [5.41, 5.74) is 11.5. The smallest absolute Gasteiger partial charge is 0.336 e. The van der Waals surface area contributed by atoms with Crippen molar-refractivity contribution in [2.24, 2.45) is 5.92 Å². The highest BCUT2D eigenvalue weighted by atomic mass is 32.1. The Morgan fingerprint density at radius 1 is 0.895 bits per heavy atom. The summed E-state index contributed by atoms with van der Waals surface area (Å²) in [6, 6.07) is 24.8. The maximum atomic E-state index is 12.3. The molecular formula is C33H32N2O2S. The number of allylic oxidation sites excluding steroid dienone is 1. The zero-order chi connectivity index (χ0) is 26.2. The van der Waals surface area contributed by atoms with Gasteiger partial charge >= 0.3 is 6.03 Å². The van der Waals surface area contributed by atoms with Crippen LogP contribution < -0.4 is 10.4 Å². The van der Waals surface area contributed by atoms with E-state index in [1.807, 2.05) is 32.0 Å². The first-order chi connectivity index (χ1) is 18.5. The van der Waals surface area contributed by atoms with E-state index in [0.717, 1.165) is 36.1 Å². The lowest BCUT2D eigenvalue weighted by Gasteiger charge is -2.26. The van der Waals surface area contributed by atoms with Crippen LogP contribution in [0.15, 0.2) is 72.8 Å². The van der Waals surface area contributed by atoms with Crippen LogP contribution in [0.5, 0.6) is 0 Å². The number of nitrogens with zero attached hydrogens (tertiary/aromatic N) is 1. The minimum absolute atomic E-state index is 0.311. The maximum Gasteiger partial charge on any atom is 0.345 e. The highest BCUT2D eigenvalue weighted by Gasteiger charge is 2.23. The average Bonchev–Trinajstić information content (AvgIpc) is 3.45. The van der Waals surface area contributed by atoms with Crippen molar-refractivity contribution in [1.29, 1.82) is 0 Å². The Balaban J connectivity index is 1.24. The Morgan fingerprint density at radius 3 is 2.58 bits per heavy atom. The van der Waals surface area contributed by atoms with Crippen molar-refractivity contribution in [2.45, 2.75) is 39.5 Å². The fourth-order valence-corrected chi connectivity index (χ4v) is 6.64. The number of anilines is 1. The van der Waals surface area contributed by atoms with Crippen molar-refractivity contribution in [1.82, 2.24) is 5.32 Å². The van der Waals surface area contributed by atoms with Gasteiger partial charge in [-0.25, -0.2) is 4.79 Å². The van der Waals surface area contributed by atoms with Crippen molar-refractivity contribution in [3.05, 3.63) is 99.9 Å². The number of fused-ring (bicyclic) bond motifs is 5. The first-order valence-electron chi connectivity index (χ1n) is 13.4. The molecule has 0 atom stereocenters. The fraction of sp³-hybridized carbons (Fsp3) is 0.242. The molecule has 1 aromatic heterocycles. The fourth-order valence-electron chi connectivity index (χ4n) is 5.59. The van der Waals surface area contributed by atoms with Crippen LogP contribution in [-0.2, 0) is 19.3 Å². The summed E-state index contributed by atoms with van der Waals surface area (Å²) >= 11 is 1.76. The first kappa shape index (κ1) is 24.7. The molecule has 2 amide bonds. The van der Waals surface area contributed by atoms with Gasteiger partial charge in [0.05, 0.1) is 5.69 Å². The average molecular weight is 521 g/mol. The molecule has 38 heavy (non-hydrogen) atoms. The molecule has 0 spiro atoms. The number of rotatable bonds is 5. The summed E-state index contributed by atoms with van der Waals surface area (Å²) in [5, 5.41) is 13.9. The third-order valence-corrected chi connectivity index (χ3v) is 8.75. The van der Waals surface area contributed by atoms with E-state index in [4.69, 9.17) is 0 Å². The van der Waals surface area contributed by atoms with Gasteiger partial charge in [0.15, 0.2) is 0 Å². The summed E-state index contributed by atoms with van der Waals surface area (Å²) in [6.07, 6.45) is 6.72. The van der Waals surface area contributed by atoms with E-state index < -0.39 is 6.03 Å². The molecular weight excluding hydrogens is 488 g/mol. The van der Waals surface area contributed by atoms with Crippen molar-refractivity contribution < 1.29 is 10.0 Å². The monoisotopic (exact) mass is 520 g/mol. The van der Waals surface area contributed by atoms with Gasteiger partial charge in [0.25, 0.3) is 0 Å². The van der Waals surface area contributed by atoms with Gasteiger partial charge in [-0.1, -0.05) is 68.5 Å². The minimum Gasteiger partial charge on any atom is -0.336 e. The predicted molar refractivity (Wildman–Crippen MR) is 158 cm³/mol. The number of nitrogens with one attached hydrogen (secondary N) is 1. The number of amides is 2. The lowest BCUT2D eigenvalue weighted by atomic mass is 9.78. The van der Waals surface area contributed by atoms with Gasteiger partial charge in [-0.15, -0.1) is 11.3 Å². The lowest BCUT2D eigenvalue weighted by molar-refractivity contribution is 0.203. The topological polar surface area (TPSA) is 52.6 Å². The van der Waals surface area contributed by atoms with Crippen molar-refractivity contribution in [3.63, 3.8) is 0 Å². The lowest BCUT2D eigenvalue weighted by Crippen LogP contribution is -2.39. The van der Waals surface area contributed by atoms with Crippen molar-refractivity contribution >= 4 is 34.7 Å². The zero-order valence-electron chi connectivity index (χ0n) is 21.8. The van der Waals surface area contributed by atoms with Crippen molar-refractivity contribution in [2.75, 3.05) is 11.6 Å². The van der Waals surface area contributed by atoms with Gasteiger partial charge in [0.2, 0.25) is 0 Å². The van der Waals surface area contributed by atoms with E-state index in [2.05, 4.69) is 59.9 Å². The Hall–Kier alpha value is -3.67. The van der Waals surface area contributed by atoms with Gasteiger partial charge in [0, 0.05) is 16.3 Å². The van der Waals surface area contributed by atoms with Gasteiger partial charge in [-0.2, -0.15) is 5.06 Å². The minimum atomic E-state index is -0.514. The van der Waals surface area contributed by atoms with Gasteiger partial charge in [-0.3, -0.25) is 5.21 Å². The molecule has 0 bridgehead atoms. The molecule has 6 rings (SSSR count). The Labute approximate surface area is 228 Å². The molecule has 0 unspecified atom stereocenters. The molecule has 4 nitrogen and oxygen atoms in total. The molecule has 192 valence electrons. The number of thiophene rings is 1. The Bertz CT molecular complexity index is 1550. The maximum absolute atomic E-state index is 12.3. The largest absolute Gasteiger partial charge is 0.345 e. The first-order valence-corrected chi connectivity index (χ1v) is 14.2. The van der Waals surface area contributed by atoms with Crippen LogP contribution in [-0.4, -0.2) is 17.8 Å². The SMILES string of the molecule is CC(C)CNC(=O)N(O)c1cccc(-c2ccc(C3=Cc4ccc5c(c4CC3)CCc3ccccc3-5)s2)c1. The second-order valence-corrected chi connectivity index (χ2v) is 11.7. The van der Waals surface area contributed by atoms with E-state index in [0.29, 0.717) is 23.2 Å². The third kappa shape index (κ3) is 4.68. The number of benzene rings is 3. The number of carbonyl (C=O) groups is 1. The number of urea groups is 1. The standard InChI is InChI=1S/C33H32N2O2S/c1-21(2)20-34-33(36)35(37)26-8-5-7-24(19-26)31-16-17-32(38-31)25-12-13-28-23(18-25)11-15-29-27-9-4-3-6-22(27)10-14-30(28)29/h3-9,11,15-19,21,37H,10,12-14,20H2,1-2H3,(H,34,36).